The van der Waals surface area contributed by atoms with Crippen LogP contribution in [0, 0.1) is 12.8 Å². The van der Waals surface area contributed by atoms with E-state index in [4.69, 9.17) is 4.74 Å². The van der Waals surface area contributed by atoms with Crippen LogP contribution >= 0.6 is 0 Å². The van der Waals surface area contributed by atoms with Crippen molar-refractivity contribution in [2.24, 2.45) is 5.92 Å². The van der Waals surface area contributed by atoms with Crippen LogP contribution in [-0.2, 0) is 9.53 Å². The normalized spacial score (nSPS) is 29.7. The van der Waals surface area contributed by atoms with Crippen molar-refractivity contribution >= 4 is 11.7 Å². The van der Waals surface area contributed by atoms with Crippen molar-refractivity contribution in [3.05, 3.63) is 30.0 Å². The third kappa shape index (κ3) is 3.02. The largest absolute Gasteiger partial charge is 0.371 e. The molecule has 1 amide bonds. The molecule has 2 atom stereocenters. The highest BCUT2D eigenvalue weighted by Gasteiger charge is 2.47. The second-order valence-electron chi connectivity index (χ2n) is 7.25. The Morgan fingerprint density at radius 3 is 2.92 bits per heavy atom. The zero-order valence-corrected chi connectivity index (χ0v) is 14.1. The number of anilines is 1. The minimum absolute atomic E-state index is 0.151. The van der Waals surface area contributed by atoms with Crippen LogP contribution in [0.2, 0.25) is 0 Å². The van der Waals surface area contributed by atoms with E-state index in [9.17, 15) is 4.79 Å². The number of nitrogens with zero attached hydrogens (tertiary/aromatic N) is 3. The Morgan fingerprint density at radius 1 is 1.33 bits per heavy atom. The van der Waals surface area contributed by atoms with Gasteiger partial charge < -0.3 is 15.0 Å². The van der Waals surface area contributed by atoms with E-state index >= 15 is 0 Å². The number of carbonyl (C=O) groups excluding carboxylic acids is 1. The average molecular weight is 328 g/mol. The summed E-state index contributed by atoms with van der Waals surface area (Å²) < 4.78 is 6.13. The van der Waals surface area contributed by atoms with Gasteiger partial charge in [-0.25, -0.2) is 0 Å². The Kier molecular flexibility index (Phi) is 4.00. The average Bonchev–Trinajstić information content (AvgIpc) is 3.32. The number of carbonyl (C=O) groups is 1. The van der Waals surface area contributed by atoms with Gasteiger partial charge in [0.1, 0.15) is 5.82 Å². The van der Waals surface area contributed by atoms with E-state index in [2.05, 4.69) is 27.7 Å². The van der Waals surface area contributed by atoms with Gasteiger partial charge in [0.05, 0.1) is 23.9 Å². The van der Waals surface area contributed by atoms with Crippen LogP contribution in [0.1, 0.15) is 31.4 Å². The highest BCUT2D eigenvalue weighted by atomic mass is 16.5. The molecule has 6 heteroatoms. The lowest BCUT2D eigenvalue weighted by atomic mass is 9.97. The Balaban J connectivity index is 1.34. The van der Waals surface area contributed by atoms with E-state index in [0.29, 0.717) is 12.5 Å². The molecule has 0 bridgehead atoms. The number of ether oxygens (including phenoxy) is 1. The predicted molar refractivity (Wildman–Crippen MR) is 90.5 cm³/mol. The molecule has 24 heavy (non-hydrogen) atoms. The Morgan fingerprint density at radius 2 is 2.17 bits per heavy atom. The van der Waals surface area contributed by atoms with Crippen molar-refractivity contribution in [2.75, 3.05) is 25.0 Å². The number of amides is 1. The van der Waals surface area contributed by atoms with Gasteiger partial charge in [0.25, 0.3) is 0 Å². The van der Waals surface area contributed by atoms with Gasteiger partial charge in [0.15, 0.2) is 0 Å². The molecule has 1 aromatic rings. The van der Waals surface area contributed by atoms with Gasteiger partial charge in [-0.3, -0.25) is 4.79 Å². The molecule has 6 nitrogen and oxygen atoms in total. The van der Waals surface area contributed by atoms with Gasteiger partial charge in [0, 0.05) is 25.4 Å². The fourth-order valence-electron chi connectivity index (χ4n) is 4.02. The lowest BCUT2D eigenvalue weighted by Crippen LogP contribution is -2.38. The summed E-state index contributed by atoms with van der Waals surface area (Å²) in [4.78, 5) is 14.6. The maximum atomic E-state index is 12.6. The maximum Gasteiger partial charge on any atom is 0.226 e. The molecule has 0 unspecified atom stereocenters. The summed E-state index contributed by atoms with van der Waals surface area (Å²) in [7, 11) is 0. The molecule has 128 valence electrons. The number of aromatic nitrogens is 2. The second kappa shape index (κ2) is 6.16. The molecule has 3 heterocycles. The van der Waals surface area contributed by atoms with Crippen molar-refractivity contribution in [1.82, 2.24) is 15.1 Å². The van der Waals surface area contributed by atoms with Gasteiger partial charge in [-0.2, -0.15) is 5.10 Å². The summed E-state index contributed by atoms with van der Waals surface area (Å²) in [6, 6.07) is 4.13. The van der Waals surface area contributed by atoms with Gasteiger partial charge in [-0.15, -0.1) is 5.10 Å². The van der Waals surface area contributed by atoms with Crippen LogP contribution in [0.25, 0.3) is 0 Å². The van der Waals surface area contributed by atoms with Crippen molar-refractivity contribution < 1.29 is 9.53 Å². The fraction of sp³-hybridized carbons (Fsp3) is 0.611. The number of rotatable bonds is 3. The van der Waals surface area contributed by atoms with Crippen LogP contribution in [0.4, 0.5) is 5.82 Å². The van der Waals surface area contributed by atoms with Crippen LogP contribution < -0.4 is 5.32 Å². The first-order valence-corrected chi connectivity index (χ1v) is 8.78. The molecule has 2 aliphatic heterocycles. The summed E-state index contributed by atoms with van der Waals surface area (Å²) in [5.41, 5.74) is 0.725. The molecule has 2 saturated heterocycles. The third-order valence-electron chi connectivity index (χ3n) is 5.34. The highest BCUT2D eigenvalue weighted by molar-refractivity contribution is 5.80. The number of allylic oxidation sites excluding steroid dienone is 2. The number of likely N-dealkylation sites (tertiary alicyclic amines) is 1. The minimum Gasteiger partial charge on any atom is -0.371 e. The summed E-state index contributed by atoms with van der Waals surface area (Å²) in [6.45, 7) is 4.11. The monoisotopic (exact) mass is 328 g/mol. The lowest BCUT2D eigenvalue weighted by Gasteiger charge is -2.25. The molecule has 1 N–H and O–H groups in total. The Bertz CT molecular complexity index is 637. The minimum atomic E-state index is -0.183. The van der Waals surface area contributed by atoms with E-state index in [1.165, 1.54) is 0 Å². The van der Waals surface area contributed by atoms with Gasteiger partial charge in [-0.05, 0) is 38.3 Å². The highest BCUT2D eigenvalue weighted by Crippen LogP contribution is 2.37. The van der Waals surface area contributed by atoms with Gasteiger partial charge in [0.2, 0.25) is 5.91 Å². The van der Waals surface area contributed by atoms with Crippen molar-refractivity contribution in [3.8, 4) is 0 Å². The first-order valence-electron chi connectivity index (χ1n) is 8.78. The van der Waals surface area contributed by atoms with Crippen molar-refractivity contribution in [3.63, 3.8) is 0 Å². The molecule has 0 radical (unpaired) electrons. The first-order chi connectivity index (χ1) is 11.6. The molecular formula is C18H24N4O2. The van der Waals surface area contributed by atoms with Gasteiger partial charge in [-0.1, -0.05) is 12.2 Å². The molecule has 2 fully saturated rings. The Hall–Kier alpha value is -1.95. The van der Waals surface area contributed by atoms with Crippen molar-refractivity contribution in [1.29, 1.82) is 0 Å². The SMILES string of the molecule is Cc1ccc(N[C@@H]2CO[C@@]3(CCN(C(=O)C4CC=CC4)C3)C2)nn1. The molecule has 4 rings (SSSR count). The molecular weight excluding hydrogens is 304 g/mol. The number of aryl methyl sites for hydroxylation is 1. The quantitative estimate of drug-likeness (QED) is 0.859. The van der Waals surface area contributed by atoms with Crippen LogP contribution in [0.3, 0.4) is 0 Å². The molecule has 0 saturated carbocycles. The van der Waals surface area contributed by atoms with Crippen LogP contribution in [0.5, 0.6) is 0 Å². The summed E-state index contributed by atoms with van der Waals surface area (Å²) in [6.07, 6.45) is 7.84. The predicted octanol–water partition coefficient (Wildman–Crippen LogP) is 1.92. The lowest BCUT2D eigenvalue weighted by molar-refractivity contribution is -0.135. The summed E-state index contributed by atoms with van der Waals surface area (Å²) in [5.74, 6) is 1.23. The zero-order valence-electron chi connectivity index (χ0n) is 14.1. The fourth-order valence-corrected chi connectivity index (χ4v) is 4.02. The molecule has 0 aromatic carbocycles. The van der Waals surface area contributed by atoms with E-state index in [-0.39, 0.29) is 17.6 Å². The topological polar surface area (TPSA) is 67.3 Å². The van der Waals surface area contributed by atoms with Crippen LogP contribution in [-0.4, -0.2) is 52.3 Å². The molecule has 3 aliphatic rings. The van der Waals surface area contributed by atoms with E-state index < -0.39 is 0 Å². The second-order valence-corrected chi connectivity index (χ2v) is 7.25. The van der Waals surface area contributed by atoms with Crippen LogP contribution in [0.15, 0.2) is 24.3 Å². The summed E-state index contributed by atoms with van der Waals surface area (Å²) >= 11 is 0. The van der Waals surface area contributed by atoms with Crippen molar-refractivity contribution in [2.45, 2.75) is 44.2 Å². The van der Waals surface area contributed by atoms with E-state index in [0.717, 1.165) is 50.3 Å². The molecule has 1 spiro atoms. The standard InChI is InChI=1S/C18H24N4O2/c1-13-6-7-16(21-20-13)19-15-10-18(24-11-15)8-9-22(12-18)17(23)14-4-2-3-5-14/h2-3,6-7,14-15H,4-5,8-12H2,1H3,(H,19,21)/t15-,18-/m0/s1. The smallest absolute Gasteiger partial charge is 0.226 e. The van der Waals surface area contributed by atoms with E-state index in [1.54, 1.807) is 0 Å². The molecule has 1 aliphatic carbocycles. The van der Waals surface area contributed by atoms with E-state index in [1.807, 2.05) is 24.0 Å². The maximum absolute atomic E-state index is 12.6. The number of hydrogen-bond acceptors (Lipinski definition) is 5. The summed E-state index contributed by atoms with van der Waals surface area (Å²) in [5, 5.41) is 11.6. The molecule has 1 aromatic heterocycles. The number of hydrogen-bond donors (Lipinski definition) is 1. The van der Waals surface area contributed by atoms with Gasteiger partial charge >= 0.3 is 0 Å². The Labute approximate surface area is 142 Å². The third-order valence-corrected chi connectivity index (χ3v) is 5.34. The number of nitrogens with one attached hydrogen (secondary N) is 1. The first kappa shape index (κ1) is 15.6. The zero-order chi connectivity index (χ0) is 16.6.